The molecule has 8 aromatic carbocycles. The Balaban J connectivity index is 0.000000152. The van der Waals surface area contributed by atoms with Crippen LogP contribution in [0.25, 0.3) is 11.0 Å². The van der Waals surface area contributed by atoms with E-state index < -0.39 is 25.7 Å². The van der Waals surface area contributed by atoms with Crippen LogP contribution in [0.5, 0.6) is 5.75 Å². The molecule has 0 aliphatic heterocycles. The van der Waals surface area contributed by atoms with E-state index in [9.17, 15) is 23.8 Å². The van der Waals surface area contributed by atoms with Gasteiger partial charge >= 0.3 is 5.63 Å². The molecule has 9 heteroatoms. The third-order valence-electron chi connectivity index (χ3n) is 9.77. The van der Waals surface area contributed by atoms with E-state index >= 15 is 0 Å². The van der Waals surface area contributed by atoms with E-state index in [-0.39, 0.29) is 66.3 Å². The smallest absolute Gasteiger partial charge is 0.351 e. The van der Waals surface area contributed by atoms with E-state index in [2.05, 4.69) is 0 Å². The number of carbonyl (C=O) groups is 1. The van der Waals surface area contributed by atoms with Crippen LogP contribution in [0, 0.1) is 49.4 Å². The Bertz CT molecular complexity index is 2610. The monoisotopic (exact) mass is 975 g/mol. The van der Waals surface area contributed by atoms with E-state index in [1.807, 2.05) is 182 Å². The maximum absolute atomic E-state index is 13.8. The number of rotatable bonds is 8. The van der Waals surface area contributed by atoms with Gasteiger partial charge in [0.15, 0.2) is 19.8 Å². The van der Waals surface area contributed by atoms with Crippen molar-refractivity contribution in [3.8, 4) is 5.75 Å². The van der Waals surface area contributed by atoms with Gasteiger partial charge in [-0.05, 0) is 12.1 Å². The van der Waals surface area contributed by atoms with Gasteiger partial charge in [-0.25, -0.2) is 4.79 Å². The Morgan fingerprint density at radius 2 is 0.656 bits per heavy atom. The third kappa shape index (κ3) is 10.2. The first-order chi connectivity index (χ1) is 29.3. The molecule has 1 radical (unpaired) electrons. The zero-order valence-electron chi connectivity index (χ0n) is 32.8. The Morgan fingerprint density at radius 3 is 0.967 bits per heavy atom. The van der Waals surface area contributed by atoms with Crippen LogP contribution < -0.4 is 37.5 Å². The molecule has 0 spiro atoms. The zero-order chi connectivity index (χ0) is 41.8. The maximum Gasteiger partial charge on any atom is 0.351 e. The topological polar surface area (TPSA) is 102 Å². The summed E-state index contributed by atoms with van der Waals surface area (Å²) in [6.07, 6.45) is 0. The predicted octanol–water partition coefficient (Wildman–Crippen LogP) is 9.38. The van der Waals surface area contributed by atoms with Crippen LogP contribution in [0.15, 0.2) is 246 Å². The van der Waals surface area contributed by atoms with Crippen molar-refractivity contribution in [3.63, 3.8) is 0 Å². The quantitative estimate of drug-likeness (QED) is 0.0926. The van der Waals surface area contributed by atoms with Crippen molar-refractivity contribution in [1.29, 1.82) is 0 Å². The second kappa shape index (κ2) is 21.3. The minimum Gasteiger partial charge on any atom is -0.506 e. The second-order valence-electron chi connectivity index (χ2n) is 13.5. The minimum absolute atomic E-state index is 0. The first kappa shape index (κ1) is 45.0. The molecule has 0 bridgehead atoms. The maximum atomic E-state index is 13.8. The van der Waals surface area contributed by atoms with Gasteiger partial charge < -0.3 is 18.7 Å². The number of benzene rings is 8. The fourth-order valence-corrected chi connectivity index (χ4v) is 12.1. The summed E-state index contributed by atoms with van der Waals surface area (Å²) in [5, 5.41) is 15.8. The SMILES string of the molecule is O=C(c1ccccc1)c1c(O)c2ccccc2oc1=O.O=P(c1ccccc1)(c1ccccc1)c1ccccc1.O=P(c1ccccc1)(c1ccccc1)c1ccccc1.[Eu]. The Morgan fingerprint density at radius 1 is 0.393 bits per heavy atom. The average molecular weight is 975 g/mol. The fraction of sp³-hybridized carbons (Fsp3) is 0. The van der Waals surface area contributed by atoms with Crippen LogP contribution in [-0.2, 0) is 9.13 Å². The van der Waals surface area contributed by atoms with Gasteiger partial charge in [-0.15, -0.1) is 0 Å². The molecule has 0 aliphatic carbocycles. The van der Waals surface area contributed by atoms with Gasteiger partial charge in [0.05, 0.1) is 5.39 Å². The summed E-state index contributed by atoms with van der Waals surface area (Å²) in [7, 11) is -5.55. The molecule has 0 saturated carbocycles. The number of aromatic hydroxyl groups is 1. The normalized spacial score (nSPS) is 10.8. The summed E-state index contributed by atoms with van der Waals surface area (Å²) in [5.74, 6) is -0.895. The van der Waals surface area contributed by atoms with Crippen molar-refractivity contribution in [2.45, 2.75) is 0 Å². The molecule has 6 nitrogen and oxygen atoms in total. The summed E-state index contributed by atoms with van der Waals surface area (Å²) in [6.45, 7) is 0. The van der Waals surface area contributed by atoms with E-state index in [1.54, 1.807) is 54.6 Å². The first-order valence-electron chi connectivity index (χ1n) is 19.2. The van der Waals surface area contributed by atoms with Gasteiger partial charge in [0.25, 0.3) is 0 Å². The van der Waals surface area contributed by atoms with Crippen molar-refractivity contribution in [3.05, 3.63) is 258 Å². The molecule has 1 aromatic heterocycles. The van der Waals surface area contributed by atoms with Gasteiger partial charge in [-0.3, -0.25) is 4.79 Å². The van der Waals surface area contributed by atoms with Crippen LogP contribution >= 0.6 is 14.3 Å². The van der Waals surface area contributed by atoms with E-state index in [4.69, 9.17) is 4.42 Å². The molecule has 0 fully saturated rings. The van der Waals surface area contributed by atoms with Crippen molar-refractivity contribution < 1.29 is 72.8 Å². The minimum atomic E-state index is -2.78. The second-order valence-corrected chi connectivity index (χ2v) is 19.1. The Hall–Kier alpha value is -5.52. The Kier molecular flexibility index (Phi) is 15.7. The van der Waals surface area contributed by atoms with E-state index in [0.29, 0.717) is 10.9 Å². The van der Waals surface area contributed by atoms with Gasteiger partial charge in [0.1, 0.15) is 11.3 Å². The third-order valence-corrected chi connectivity index (χ3v) is 15.9. The van der Waals surface area contributed by atoms with Gasteiger partial charge in [-0.2, -0.15) is 0 Å². The fourth-order valence-electron chi connectivity index (χ4n) is 6.79. The van der Waals surface area contributed by atoms with Gasteiger partial charge in [-0.1, -0.05) is 224 Å². The molecule has 301 valence electrons. The van der Waals surface area contributed by atoms with Crippen LogP contribution in [0.3, 0.4) is 0 Å². The molecular weight excluding hydrogens is 934 g/mol. The standard InChI is InChI=1S/2C18H15OP.C16H10O4.Eu/c2*19-20(16-10-4-1-5-11-16,17-12-6-2-7-13-17)18-14-8-3-9-15-18;17-14(10-6-2-1-3-7-10)13-15(18)11-8-4-5-9-12(11)20-16(13)19;/h2*1-15H;1-9,18H;. The predicted molar refractivity (Wildman–Crippen MR) is 246 cm³/mol. The van der Waals surface area contributed by atoms with Crippen molar-refractivity contribution in [2.24, 2.45) is 0 Å². The molecule has 61 heavy (non-hydrogen) atoms. The molecule has 9 aromatic rings. The summed E-state index contributed by atoms with van der Waals surface area (Å²) >= 11 is 0. The van der Waals surface area contributed by atoms with Crippen LogP contribution in [0.2, 0.25) is 0 Å². The molecule has 0 amide bonds. The zero-order valence-corrected chi connectivity index (χ0v) is 37.0. The van der Waals surface area contributed by atoms with Crippen LogP contribution in [0.4, 0.5) is 0 Å². The molecule has 0 saturated heterocycles. The number of para-hydroxylation sites is 1. The number of hydrogen-bond donors (Lipinski definition) is 1. The van der Waals surface area contributed by atoms with Gasteiger partial charge in [0.2, 0.25) is 5.78 Å². The van der Waals surface area contributed by atoms with Crippen molar-refractivity contribution in [2.75, 3.05) is 0 Å². The molecule has 9 rings (SSSR count). The molecular formula is C52H40EuO6P2. The van der Waals surface area contributed by atoms with E-state index in [0.717, 1.165) is 31.8 Å². The van der Waals surface area contributed by atoms with Crippen LogP contribution in [-0.4, -0.2) is 10.9 Å². The number of carbonyl (C=O) groups excluding carboxylic acids is 1. The molecule has 1 heterocycles. The van der Waals surface area contributed by atoms with E-state index in [1.165, 1.54) is 0 Å². The number of ketones is 1. The number of fused-ring (bicyclic) bond motifs is 1. The first-order valence-corrected chi connectivity index (χ1v) is 22.6. The van der Waals surface area contributed by atoms with Crippen molar-refractivity contribution >= 4 is 62.9 Å². The summed E-state index contributed by atoms with van der Waals surface area (Å²) in [4.78, 5) is 24.2. The van der Waals surface area contributed by atoms with Crippen molar-refractivity contribution in [1.82, 2.24) is 0 Å². The summed E-state index contributed by atoms with van der Waals surface area (Å²) < 4.78 is 32.7. The Labute approximate surface area is 395 Å². The largest absolute Gasteiger partial charge is 0.506 e. The molecule has 0 atom stereocenters. The van der Waals surface area contributed by atoms with Gasteiger partial charge in [0, 0.05) is 86.8 Å². The van der Waals surface area contributed by atoms with Crippen LogP contribution in [0.1, 0.15) is 15.9 Å². The molecule has 0 unspecified atom stereocenters. The summed E-state index contributed by atoms with van der Waals surface area (Å²) in [5.41, 5.74) is -0.602. The molecule has 0 aliphatic rings. The molecule has 1 N–H and O–H groups in total. The average Bonchev–Trinajstić information content (AvgIpc) is 3.33. The summed E-state index contributed by atoms with van der Waals surface area (Å²) in [6, 6.07) is 73.1. The number of hydrogen-bond acceptors (Lipinski definition) is 6.